The van der Waals surface area contributed by atoms with E-state index in [0.717, 1.165) is 9.75 Å². The molecule has 2 nitrogen and oxygen atoms in total. The van der Waals surface area contributed by atoms with E-state index < -0.39 is 10.5 Å². The van der Waals surface area contributed by atoms with Gasteiger partial charge in [0.25, 0.3) is 10.5 Å². The molecule has 0 atom stereocenters. The summed E-state index contributed by atoms with van der Waals surface area (Å²) < 4.78 is 0. The van der Waals surface area contributed by atoms with Crippen LogP contribution in [0.2, 0.25) is 0 Å². The Hall–Kier alpha value is -1.46. The van der Waals surface area contributed by atoms with Crippen molar-refractivity contribution in [2.24, 2.45) is 0 Å². The molecule has 0 fully saturated rings. The van der Waals surface area contributed by atoms with Crippen LogP contribution in [0.1, 0.15) is 20.7 Å². The number of carbonyl (C=O) groups excluding carboxylic acids is 2. The van der Waals surface area contributed by atoms with Crippen LogP contribution in [-0.4, -0.2) is 10.5 Å². The van der Waals surface area contributed by atoms with Crippen LogP contribution in [0.15, 0.2) is 47.2 Å². The average Bonchev–Trinajstić information content (AvgIpc) is 3.19. The van der Waals surface area contributed by atoms with Crippen LogP contribution < -0.4 is 0 Å². The zero-order valence-corrected chi connectivity index (χ0v) is 14.2. The first kappa shape index (κ1) is 15.4. The third-order valence-electron chi connectivity index (χ3n) is 3.15. The number of hydrogen-bond acceptors (Lipinski definition) is 4. The Bertz CT molecular complexity index is 770. The van der Waals surface area contributed by atoms with E-state index in [1.54, 1.807) is 0 Å². The van der Waals surface area contributed by atoms with Gasteiger partial charge in [-0.1, -0.05) is 12.1 Å². The highest BCUT2D eigenvalue weighted by molar-refractivity contribution is 7.14. The smallest absolute Gasteiger partial charge is 0.253 e. The lowest BCUT2D eigenvalue weighted by molar-refractivity contribution is 0.108. The first-order chi connectivity index (χ1) is 10.6. The molecule has 110 valence electrons. The molecule has 0 saturated heterocycles. The molecule has 6 heteroatoms. The van der Waals surface area contributed by atoms with Gasteiger partial charge in [-0.3, -0.25) is 9.59 Å². The van der Waals surface area contributed by atoms with Crippen molar-refractivity contribution in [1.82, 2.24) is 0 Å². The number of thiophene rings is 2. The van der Waals surface area contributed by atoms with E-state index >= 15 is 0 Å². The molecular weight excluding hydrogens is 359 g/mol. The molecule has 0 N–H and O–H groups in total. The van der Waals surface area contributed by atoms with E-state index in [4.69, 9.17) is 23.2 Å². The van der Waals surface area contributed by atoms with Gasteiger partial charge < -0.3 is 0 Å². The van der Waals surface area contributed by atoms with Crippen LogP contribution in [0.3, 0.4) is 0 Å². The van der Waals surface area contributed by atoms with Crippen molar-refractivity contribution in [1.29, 1.82) is 0 Å². The Kier molecular flexibility index (Phi) is 4.45. The topological polar surface area (TPSA) is 34.1 Å². The average molecular weight is 367 g/mol. The van der Waals surface area contributed by atoms with E-state index in [9.17, 15) is 9.59 Å². The molecule has 2 heterocycles. The lowest BCUT2D eigenvalue weighted by Gasteiger charge is -2.11. The Labute approximate surface area is 144 Å². The minimum absolute atomic E-state index is 0.286. The van der Waals surface area contributed by atoms with Gasteiger partial charge in [-0.25, -0.2) is 0 Å². The second-order valence-corrected chi connectivity index (χ2v) is 7.03. The summed E-state index contributed by atoms with van der Waals surface area (Å²) >= 11 is 14.4. The fourth-order valence-electron chi connectivity index (χ4n) is 2.20. The summed E-state index contributed by atoms with van der Waals surface area (Å²) in [6.07, 6.45) is 0. The van der Waals surface area contributed by atoms with Crippen molar-refractivity contribution in [3.8, 4) is 20.9 Å². The molecule has 0 saturated carbocycles. The SMILES string of the molecule is O=C(Cl)c1cc(C(=O)Cl)c(-c2cccs2)cc1-c1cccs1. The molecule has 22 heavy (non-hydrogen) atoms. The largest absolute Gasteiger partial charge is 0.276 e. The molecular formula is C16H8Cl2O2S2. The van der Waals surface area contributed by atoms with Gasteiger partial charge in [-0.2, -0.15) is 0 Å². The quantitative estimate of drug-likeness (QED) is 0.538. The van der Waals surface area contributed by atoms with Crippen LogP contribution in [-0.2, 0) is 0 Å². The zero-order chi connectivity index (χ0) is 15.7. The van der Waals surface area contributed by atoms with Crippen LogP contribution in [0.25, 0.3) is 20.9 Å². The first-order valence-electron chi connectivity index (χ1n) is 6.23. The van der Waals surface area contributed by atoms with Gasteiger partial charge in [0, 0.05) is 32.0 Å². The van der Waals surface area contributed by atoms with Crippen LogP contribution >= 0.6 is 45.9 Å². The van der Waals surface area contributed by atoms with Gasteiger partial charge in [0.2, 0.25) is 0 Å². The minimum atomic E-state index is -0.611. The highest BCUT2D eigenvalue weighted by atomic mass is 35.5. The molecule has 2 aromatic heterocycles. The van der Waals surface area contributed by atoms with Gasteiger partial charge in [-0.05, 0) is 58.2 Å². The zero-order valence-electron chi connectivity index (χ0n) is 11.0. The third kappa shape index (κ3) is 2.88. The number of hydrogen-bond donors (Lipinski definition) is 0. The van der Waals surface area contributed by atoms with Gasteiger partial charge in [0.05, 0.1) is 0 Å². The highest BCUT2D eigenvalue weighted by Crippen LogP contribution is 2.37. The van der Waals surface area contributed by atoms with Crippen molar-refractivity contribution >= 4 is 56.4 Å². The lowest BCUT2D eigenvalue weighted by Crippen LogP contribution is -2.00. The predicted octanol–water partition coefficient (Wildman–Crippen LogP) is 5.90. The molecule has 0 unspecified atom stereocenters. The van der Waals surface area contributed by atoms with Gasteiger partial charge in [0.1, 0.15) is 0 Å². The lowest BCUT2D eigenvalue weighted by atomic mass is 9.97. The van der Waals surface area contributed by atoms with Gasteiger partial charge >= 0.3 is 0 Å². The van der Waals surface area contributed by atoms with Crippen molar-refractivity contribution in [3.05, 3.63) is 58.3 Å². The molecule has 0 aliphatic heterocycles. The highest BCUT2D eigenvalue weighted by Gasteiger charge is 2.20. The summed E-state index contributed by atoms with van der Waals surface area (Å²) in [5, 5.41) is 2.62. The number of carbonyl (C=O) groups is 2. The fourth-order valence-corrected chi connectivity index (χ4v) is 4.02. The van der Waals surface area contributed by atoms with Crippen molar-refractivity contribution in [3.63, 3.8) is 0 Å². The van der Waals surface area contributed by atoms with Crippen molar-refractivity contribution < 1.29 is 9.59 Å². The maximum absolute atomic E-state index is 11.8. The molecule has 1 aromatic carbocycles. The van der Waals surface area contributed by atoms with Crippen LogP contribution in [0.4, 0.5) is 0 Å². The van der Waals surface area contributed by atoms with E-state index in [0.29, 0.717) is 11.1 Å². The summed E-state index contributed by atoms with van der Waals surface area (Å²) in [6, 6.07) is 10.9. The standard InChI is InChI=1S/C16H8Cl2O2S2/c17-15(19)11-8-12(16(18)20)10(14-4-2-6-22-14)7-9(11)13-3-1-5-21-13/h1-8H. The fraction of sp³-hybridized carbons (Fsp3) is 0. The monoisotopic (exact) mass is 366 g/mol. The molecule has 0 aliphatic carbocycles. The molecule has 0 amide bonds. The second-order valence-electron chi connectivity index (χ2n) is 4.45. The number of benzene rings is 1. The number of rotatable bonds is 4. The van der Waals surface area contributed by atoms with Crippen molar-refractivity contribution in [2.45, 2.75) is 0 Å². The van der Waals surface area contributed by atoms with Gasteiger partial charge in [-0.15, -0.1) is 22.7 Å². The summed E-state index contributed by atoms with van der Waals surface area (Å²) in [5.41, 5.74) is 1.99. The molecule has 0 radical (unpaired) electrons. The van der Waals surface area contributed by atoms with E-state index in [1.165, 1.54) is 28.7 Å². The third-order valence-corrected chi connectivity index (χ3v) is 5.37. The summed E-state index contributed by atoms with van der Waals surface area (Å²) in [4.78, 5) is 25.3. The molecule has 3 aromatic rings. The molecule has 3 rings (SSSR count). The summed E-state index contributed by atoms with van der Waals surface area (Å²) in [5.74, 6) is 0. The summed E-state index contributed by atoms with van der Waals surface area (Å²) in [7, 11) is 0. The summed E-state index contributed by atoms with van der Waals surface area (Å²) in [6.45, 7) is 0. The Morgan fingerprint density at radius 3 is 1.55 bits per heavy atom. The first-order valence-corrected chi connectivity index (χ1v) is 8.75. The van der Waals surface area contributed by atoms with Gasteiger partial charge in [0.15, 0.2) is 0 Å². The van der Waals surface area contributed by atoms with E-state index in [2.05, 4.69) is 0 Å². The van der Waals surface area contributed by atoms with Crippen LogP contribution in [0.5, 0.6) is 0 Å². The molecule has 0 bridgehead atoms. The maximum Gasteiger partial charge on any atom is 0.253 e. The molecule has 0 aliphatic rings. The number of halogens is 2. The Morgan fingerprint density at radius 1 is 0.773 bits per heavy atom. The normalized spacial score (nSPS) is 10.6. The Balaban J connectivity index is 2.32. The minimum Gasteiger partial charge on any atom is -0.276 e. The van der Waals surface area contributed by atoms with E-state index in [-0.39, 0.29) is 11.1 Å². The second kappa shape index (κ2) is 6.34. The predicted molar refractivity (Wildman–Crippen MR) is 93.4 cm³/mol. The van der Waals surface area contributed by atoms with Crippen LogP contribution in [0, 0.1) is 0 Å². The molecule has 0 spiro atoms. The van der Waals surface area contributed by atoms with Crippen molar-refractivity contribution in [2.75, 3.05) is 0 Å². The Morgan fingerprint density at radius 2 is 1.23 bits per heavy atom. The maximum atomic E-state index is 11.8. The van der Waals surface area contributed by atoms with E-state index in [1.807, 2.05) is 41.1 Å².